The summed E-state index contributed by atoms with van der Waals surface area (Å²) >= 11 is 15.2. The number of carbonyl (C=O) groups is 1. The second-order valence-corrected chi connectivity index (χ2v) is 8.33. The van der Waals surface area contributed by atoms with Gasteiger partial charge in [-0.25, -0.2) is 4.98 Å². The van der Waals surface area contributed by atoms with Gasteiger partial charge in [0, 0.05) is 27.4 Å². The fourth-order valence-corrected chi connectivity index (χ4v) is 4.54. The van der Waals surface area contributed by atoms with Gasteiger partial charge in [0.25, 0.3) is 0 Å². The van der Waals surface area contributed by atoms with E-state index in [2.05, 4.69) is 15.3 Å². The van der Waals surface area contributed by atoms with E-state index < -0.39 is 0 Å². The molecule has 0 fully saturated rings. The summed E-state index contributed by atoms with van der Waals surface area (Å²) in [5.41, 5.74) is 2.60. The highest BCUT2D eigenvalue weighted by molar-refractivity contribution is 8.00. The minimum absolute atomic E-state index is 0.0711. The van der Waals surface area contributed by atoms with Gasteiger partial charge in [0.2, 0.25) is 5.91 Å². The van der Waals surface area contributed by atoms with Crippen LogP contribution in [0.2, 0.25) is 10.0 Å². The molecule has 0 bridgehead atoms. The Labute approximate surface area is 170 Å². The number of aromatic nitrogens is 2. The molecule has 0 unspecified atom stereocenters. The molecule has 134 valence electrons. The van der Waals surface area contributed by atoms with E-state index in [1.807, 2.05) is 35.7 Å². The molecule has 0 aliphatic rings. The van der Waals surface area contributed by atoms with Crippen molar-refractivity contribution in [1.82, 2.24) is 15.3 Å². The molecular formula is C18H15Cl2N3OS2. The number of hydrogen-bond donors (Lipinski definition) is 1. The average molecular weight is 424 g/mol. The molecule has 0 radical (unpaired) electrons. The zero-order valence-electron chi connectivity index (χ0n) is 13.6. The van der Waals surface area contributed by atoms with Crippen LogP contribution in [0.15, 0.2) is 52.3 Å². The van der Waals surface area contributed by atoms with Crippen molar-refractivity contribution in [2.45, 2.75) is 23.1 Å². The van der Waals surface area contributed by atoms with E-state index in [9.17, 15) is 4.79 Å². The van der Waals surface area contributed by atoms with Gasteiger partial charge in [0.05, 0.1) is 24.4 Å². The molecule has 0 saturated heterocycles. The molecule has 3 rings (SSSR count). The van der Waals surface area contributed by atoms with Gasteiger partial charge in [-0.15, -0.1) is 11.3 Å². The quantitative estimate of drug-likeness (QED) is 0.543. The Kier molecular flexibility index (Phi) is 6.91. The van der Waals surface area contributed by atoms with Crippen LogP contribution < -0.4 is 5.32 Å². The van der Waals surface area contributed by atoms with Crippen molar-refractivity contribution in [2.24, 2.45) is 0 Å². The van der Waals surface area contributed by atoms with Crippen LogP contribution in [0.4, 0.5) is 0 Å². The van der Waals surface area contributed by atoms with Crippen LogP contribution in [0.5, 0.6) is 0 Å². The number of hydrogen-bond acceptors (Lipinski definition) is 5. The molecule has 1 aromatic carbocycles. The molecule has 0 saturated carbocycles. The smallest absolute Gasteiger partial charge is 0.226 e. The minimum atomic E-state index is -0.0711. The lowest BCUT2D eigenvalue weighted by Crippen LogP contribution is -2.25. The molecule has 3 aromatic rings. The van der Waals surface area contributed by atoms with E-state index in [4.69, 9.17) is 23.2 Å². The van der Waals surface area contributed by atoms with Gasteiger partial charge in [0.1, 0.15) is 4.34 Å². The number of benzene rings is 1. The Morgan fingerprint density at radius 1 is 1.19 bits per heavy atom. The first-order chi connectivity index (χ1) is 12.6. The van der Waals surface area contributed by atoms with Crippen molar-refractivity contribution in [3.63, 3.8) is 0 Å². The van der Waals surface area contributed by atoms with E-state index >= 15 is 0 Å². The lowest BCUT2D eigenvalue weighted by Gasteiger charge is -2.03. The zero-order chi connectivity index (χ0) is 18.4. The number of pyridine rings is 1. The summed E-state index contributed by atoms with van der Waals surface area (Å²) in [6.07, 6.45) is 1.96. The molecule has 0 spiro atoms. The van der Waals surface area contributed by atoms with Gasteiger partial charge in [-0.3, -0.25) is 9.78 Å². The molecule has 1 N–H and O–H groups in total. The number of rotatable bonds is 7. The Balaban J connectivity index is 1.48. The molecular weight excluding hydrogens is 409 g/mol. The predicted molar refractivity (Wildman–Crippen MR) is 108 cm³/mol. The maximum Gasteiger partial charge on any atom is 0.226 e. The minimum Gasteiger partial charge on any atom is -0.350 e. The lowest BCUT2D eigenvalue weighted by atomic mass is 10.2. The van der Waals surface area contributed by atoms with Crippen LogP contribution >= 0.6 is 46.3 Å². The van der Waals surface area contributed by atoms with Crippen LogP contribution in [-0.4, -0.2) is 15.9 Å². The van der Waals surface area contributed by atoms with Gasteiger partial charge in [-0.2, -0.15) is 0 Å². The molecule has 26 heavy (non-hydrogen) atoms. The third-order valence-electron chi connectivity index (χ3n) is 3.43. The number of halogens is 2. The monoisotopic (exact) mass is 423 g/mol. The molecule has 0 atom stereocenters. The number of thioether (sulfide) groups is 1. The predicted octanol–water partition coefficient (Wildman–Crippen LogP) is 5.00. The molecule has 8 heteroatoms. The highest BCUT2D eigenvalue weighted by Gasteiger charge is 2.09. The summed E-state index contributed by atoms with van der Waals surface area (Å²) in [6.45, 7) is 0.417. The lowest BCUT2D eigenvalue weighted by molar-refractivity contribution is -0.120. The summed E-state index contributed by atoms with van der Waals surface area (Å²) < 4.78 is 0.906. The number of nitrogens with zero attached hydrogens (tertiary/aromatic N) is 2. The van der Waals surface area contributed by atoms with Crippen molar-refractivity contribution in [3.05, 3.63) is 75.0 Å². The Hall–Kier alpha value is -1.60. The summed E-state index contributed by atoms with van der Waals surface area (Å²) in [6, 6.07) is 11.1. The van der Waals surface area contributed by atoms with Crippen LogP contribution in [0.25, 0.3) is 0 Å². The molecule has 2 aromatic heterocycles. The second-order valence-electron chi connectivity index (χ2n) is 5.40. The highest BCUT2D eigenvalue weighted by Crippen LogP contribution is 2.30. The van der Waals surface area contributed by atoms with Crippen molar-refractivity contribution >= 4 is 52.2 Å². The third kappa shape index (κ3) is 5.71. The van der Waals surface area contributed by atoms with Gasteiger partial charge < -0.3 is 5.32 Å². The molecule has 1 amide bonds. The van der Waals surface area contributed by atoms with E-state index in [1.165, 1.54) is 11.3 Å². The van der Waals surface area contributed by atoms with Crippen LogP contribution in [0.1, 0.15) is 17.0 Å². The van der Waals surface area contributed by atoms with Crippen LogP contribution in [-0.2, 0) is 23.5 Å². The van der Waals surface area contributed by atoms with Crippen LogP contribution in [0.3, 0.4) is 0 Å². The van der Waals surface area contributed by atoms with E-state index in [0.717, 1.165) is 21.3 Å². The summed E-state index contributed by atoms with van der Waals surface area (Å²) in [5, 5.41) is 6.03. The van der Waals surface area contributed by atoms with Crippen molar-refractivity contribution < 1.29 is 4.79 Å². The van der Waals surface area contributed by atoms with Gasteiger partial charge in [-0.1, -0.05) is 47.1 Å². The number of amides is 1. The van der Waals surface area contributed by atoms with Crippen LogP contribution in [0, 0.1) is 0 Å². The second kappa shape index (κ2) is 9.37. The summed E-state index contributed by atoms with van der Waals surface area (Å²) in [4.78, 5) is 20.7. The Morgan fingerprint density at radius 3 is 2.85 bits per heavy atom. The number of nitrogens with one attached hydrogen (secondary N) is 1. The summed E-state index contributed by atoms with van der Waals surface area (Å²) in [7, 11) is 0. The largest absolute Gasteiger partial charge is 0.350 e. The Bertz CT molecular complexity index is 887. The number of thiazole rings is 1. The Morgan fingerprint density at radius 2 is 2.08 bits per heavy atom. The van der Waals surface area contributed by atoms with E-state index in [1.54, 1.807) is 24.0 Å². The first kappa shape index (κ1) is 19.2. The molecule has 2 heterocycles. The molecule has 0 aliphatic heterocycles. The van der Waals surface area contributed by atoms with Crippen molar-refractivity contribution in [2.75, 3.05) is 0 Å². The molecule has 4 nitrogen and oxygen atoms in total. The SMILES string of the molecule is O=C(Cc1csc(SCc2ccc(Cl)cc2Cl)n1)NCc1ccccn1. The average Bonchev–Trinajstić information content (AvgIpc) is 3.07. The normalized spacial score (nSPS) is 10.7. The van der Waals surface area contributed by atoms with Crippen molar-refractivity contribution in [3.8, 4) is 0 Å². The maximum atomic E-state index is 12.0. The topological polar surface area (TPSA) is 54.9 Å². The maximum absolute atomic E-state index is 12.0. The number of carbonyl (C=O) groups excluding carboxylic acids is 1. The third-order valence-corrected chi connectivity index (χ3v) is 6.14. The summed E-state index contributed by atoms with van der Waals surface area (Å²) in [5.74, 6) is 0.632. The van der Waals surface area contributed by atoms with E-state index in [-0.39, 0.29) is 12.3 Å². The highest BCUT2D eigenvalue weighted by atomic mass is 35.5. The van der Waals surface area contributed by atoms with E-state index in [0.29, 0.717) is 22.3 Å². The zero-order valence-corrected chi connectivity index (χ0v) is 16.8. The fraction of sp³-hybridized carbons (Fsp3) is 0.167. The van der Waals surface area contributed by atoms with Gasteiger partial charge in [0.15, 0.2) is 0 Å². The first-order valence-electron chi connectivity index (χ1n) is 7.78. The first-order valence-corrected chi connectivity index (χ1v) is 10.4. The standard InChI is InChI=1S/C18H15Cl2N3OS2/c19-13-5-4-12(16(20)7-13)10-25-18-23-15(11-26-18)8-17(24)22-9-14-3-1-2-6-21-14/h1-7,11H,8-10H2,(H,22,24). The van der Waals surface area contributed by atoms with Gasteiger partial charge >= 0.3 is 0 Å². The van der Waals surface area contributed by atoms with Crippen molar-refractivity contribution in [1.29, 1.82) is 0 Å². The molecule has 0 aliphatic carbocycles. The fourth-order valence-electron chi connectivity index (χ4n) is 2.13. The van der Waals surface area contributed by atoms with Gasteiger partial charge in [-0.05, 0) is 29.8 Å².